The second-order valence-electron chi connectivity index (χ2n) is 8.20. The number of rotatable bonds is 4. The van der Waals surface area contributed by atoms with Crippen LogP contribution in [0, 0.1) is 6.92 Å². The van der Waals surface area contributed by atoms with E-state index in [4.69, 9.17) is 9.84 Å². The number of hydrogen-bond acceptors (Lipinski definition) is 2. The largest absolute Gasteiger partial charge is 0.496 e. The number of likely N-dealkylation sites (tertiary alicyclic amines) is 1. The van der Waals surface area contributed by atoms with Gasteiger partial charge in [-0.3, -0.25) is 0 Å². The molecule has 2 aromatic carbocycles. The average molecular weight is 380 g/mol. The number of carboxylic acid groups (broad SMARTS) is 1. The molecule has 0 bridgehead atoms. The zero-order valence-electron chi connectivity index (χ0n) is 16.8. The first-order chi connectivity index (χ1) is 13.6. The van der Waals surface area contributed by atoms with E-state index in [2.05, 4.69) is 43.3 Å². The lowest BCUT2D eigenvalue weighted by atomic mass is 9.85. The summed E-state index contributed by atoms with van der Waals surface area (Å²) in [4.78, 5) is 12.6. The molecule has 4 rings (SSSR count). The third-order valence-electron chi connectivity index (χ3n) is 6.62. The van der Waals surface area contributed by atoms with Gasteiger partial charge in [0.1, 0.15) is 5.75 Å². The number of carbonyl (C=O) groups is 1. The highest BCUT2D eigenvalue weighted by Crippen LogP contribution is 2.41. The molecule has 0 spiro atoms. The molecule has 2 aliphatic rings. The number of amides is 1. The first-order valence-electron chi connectivity index (χ1n) is 10.3. The van der Waals surface area contributed by atoms with Gasteiger partial charge < -0.3 is 14.7 Å². The second kappa shape index (κ2) is 7.86. The average Bonchev–Trinajstić information content (AvgIpc) is 3.12. The molecule has 1 atom stereocenters. The van der Waals surface area contributed by atoms with Gasteiger partial charge in [-0.15, -0.1) is 0 Å². The topological polar surface area (TPSA) is 49.8 Å². The maximum absolute atomic E-state index is 11.1. The van der Waals surface area contributed by atoms with Crippen LogP contribution < -0.4 is 4.74 Å². The van der Waals surface area contributed by atoms with Crippen LogP contribution in [0.25, 0.3) is 0 Å². The highest BCUT2D eigenvalue weighted by molar-refractivity contribution is 5.65. The third-order valence-corrected chi connectivity index (χ3v) is 6.62. The number of ether oxygens (including phenoxy) is 1. The summed E-state index contributed by atoms with van der Waals surface area (Å²) in [7, 11) is 1.76. The zero-order valence-corrected chi connectivity index (χ0v) is 16.8. The van der Waals surface area contributed by atoms with E-state index in [1.165, 1.54) is 39.1 Å². The normalized spacial score (nSPS) is 19.5. The number of hydrogen-bond donors (Lipinski definition) is 1. The predicted molar refractivity (Wildman–Crippen MR) is 111 cm³/mol. The van der Waals surface area contributed by atoms with Gasteiger partial charge in [-0.2, -0.15) is 0 Å². The van der Waals surface area contributed by atoms with E-state index < -0.39 is 6.09 Å². The first kappa shape index (κ1) is 18.9. The Morgan fingerprint density at radius 2 is 1.96 bits per heavy atom. The Morgan fingerprint density at radius 3 is 2.64 bits per heavy atom. The minimum atomic E-state index is -0.794. The van der Waals surface area contributed by atoms with Gasteiger partial charge in [0.15, 0.2) is 0 Å². The van der Waals surface area contributed by atoms with Crippen molar-refractivity contribution in [2.24, 2.45) is 0 Å². The third kappa shape index (κ3) is 3.60. The summed E-state index contributed by atoms with van der Waals surface area (Å²) in [6.07, 6.45) is 4.41. The molecule has 2 aromatic rings. The Hall–Kier alpha value is -2.49. The Morgan fingerprint density at radius 1 is 1.18 bits per heavy atom. The van der Waals surface area contributed by atoms with Crippen LogP contribution in [0.2, 0.25) is 0 Å². The van der Waals surface area contributed by atoms with Crippen molar-refractivity contribution in [3.05, 3.63) is 64.2 Å². The maximum atomic E-state index is 11.1. The predicted octanol–water partition coefficient (Wildman–Crippen LogP) is 5.13. The molecule has 4 heteroatoms. The molecule has 1 N–H and O–H groups in total. The molecule has 1 unspecified atom stereocenters. The summed E-state index contributed by atoms with van der Waals surface area (Å²) < 4.78 is 5.63. The van der Waals surface area contributed by atoms with Crippen molar-refractivity contribution in [1.29, 1.82) is 0 Å². The van der Waals surface area contributed by atoms with Gasteiger partial charge >= 0.3 is 6.09 Å². The van der Waals surface area contributed by atoms with Crippen LogP contribution in [0.1, 0.15) is 58.9 Å². The highest BCUT2D eigenvalue weighted by atomic mass is 16.5. The number of methoxy groups -OCH3 is 1. The van der Waals surface area contributed by atoms with Crippen LogP contribution in [-0.2, 0) is 12.8 Å². The van der Waals surface area contributed by atoms with Gasteiger partial charge in [0, 0.05) is 18.7 Å². The van der Waals surface area contributed by atoms with Crippen LogP contribution >= 0.6 is 0 Å². The van der Waals surface area contributed by atoms with Gasteiger partial charge in [0.25, 0.3) is 0 Å². The smallest absolute Gasteiger partial charge is 0.407 e. The SMILES string of the molecule is COc1cccc2c1C(Cc1ccc(C3CCN(C(=O)O)CC3)cc1C)CC2. The van der Waals surface area contributed by atoms with E-state index in [0.717, 1.165) is 31.4 Å². The van der Waals surface area contributed by atoms with Crippen LogP contribution in [0.3, 0.4) is 0 Å². The van der Waals surface area contributed by atoms with E-state index in [1.54, 1.807) is 7.11 Å². The van der Waals surface area contributed by atoms with E-state index >= 15 is 0 Å². The molecular weight excluding hydrogens is 350 g/mol. The van der Waals surface area contributed by atoms with Gasteiger partial charge in [-0.25, -0.2) is 4.79 Å². The molecule has 1 fully saturated rings. The number of piperidine rings is 1. The van der Waals surface area contributed by atoms with Crippen molar-refractivity contribution in [2.45, 2.75) is 50.9 Å². The molecule has 1 aliphatic heterocycles. The standard InChI is InChI=1S/C24H29NO3/c1-16-14-20(17-10-12-25(13-11-17)24(26)27)8-7-19(16)15-21-9-6-18-4-3-5-22(28-2)23(18)21/h3-5,7-8,14,17,21H,6,9-13,15H2,1-2H3,(H,26,27). The summed E-state index contributed by atoms with van der Waals surface area (Å²) in [6, 6.07) is 13.3. The van der Waals surface area contributed by atoms with Crippen molar-refractivity contribution >= 4 is 6.09 Å². The van der Waals surface area contributed by atoms with Crippen LogP contribution in [-0.4, -0.2) is 36.3 Å². The summed E-state index contributed by atoms with van der Waals surface area (Å²) in [6.45, 7) is 3.49. The maximum Gasteiger partial charge on any atom is 0.407 e. The van der Waals surface area contributed by atoms with E-state index in [1.807, 2.05) is 0 Å². The molecule has 1 heterocycles. The first-order valence-corrected chi connectivity index (χ1v) is 10.3. The Kier molecular flexibility index (Phi) is 5.29. The van der Waals surface area contributed by atoms with Crippen LogP contribution in [0.5, 0.6) is 5.75 Å². The van der Waals surface area contributed by atoms with Crippen LogP contribution in [0.15, 0.2) is 36.4 Å². The van der Waals surface area contributed by atoms with E-state index in [0.29, 0.717) is 24.9 Å². The molecule has 1 aliphatic carbocycles. The summed E-state index contributed by atoms with van der Waals surface area (Å²) in [5, 5.41) is 9.14. The minimum Gasteiger partial charge on any atom is -0.496 e. The zero-order chi connectivity index (χ0) is 19.7. The quantitative estimate of drug-likeness (QED) is 0.801. The lowest BCUT2D eigenvalue weighted by Crippen LogP contribution is -2.36. The van der Waals surface area contributed by atoms with Crippen molar-refractivity contribution in [3.63, 3.8) is 0 Å². The van der Waals surface area contributed by atoms with Gasteiger partial charge in [-0.05, 0) is 79.2 Å². The lowest BCUT2D eigenvalue weighted by Gasteiger charge is -2.30. The van der Waals surface area contributed by atoms with Gasteiger partial charge in [0.2, 0.25) is 0 Å². The molecule has 1 amide bonds. The number of benzene rings is 2. The monoisotopic (exact) mass is 379 g/mol. The Labute approximate surface area is 167 Å². The summed E-state index contributed by atoms with van der Waals surface area (Å²) in [5.41, 5.74) is 6.95. The lowest BCUT2D eigenvalue weighted by molar-refractivity contribution is 0.132. The Balaban J connectivity index is 1.48. The number of aryl methyl sites for hydroxylation is 2. The molecule has 0 saturated carbocycles. The number of fused-ring (bicyclic) bond motifs is 1. The van der Waals surface area contributed by atoms with Gasteiger partial charge in [0.05, 0.1) is 7.11 Å². The highest BCUT2D eigenvalue weighted by Gasteiger charge is 2.27. The molecule has 0 aromatic heterocycles. The fourth-order valence-electron chi connectivity index (χ4n) is 5.00. The van der Waals surface area contributed by atoms with E-state index in [9.17, 15) is 4.79 Å². The van der Waals surface area contributed by atoms with Crippen molar-refractivity contribution in [2.75, 3.05) is 20.2 Å². The molecule has 4 nitrogen and oxygen atoms in total. The summed E-state index contributed by atoms with van der Waals surface area (Å²) in [5.74, 6) is 2.02. The van der Waals surface area contributed by atoms with Gasteiger partial charge in [-0.1, -0.05) is 30.3 Å². The molecular formula is C24H29NO3. The minimum absolute atomic E-state index is 0.468. The fourth-order valence-corrected chi connectivity index (χ4v) is 5.00. The molecule has 148 valence electrons. The van der Waals surface area contributed by atoms with Crippen molar-refractivity contribution in [3.8, 4) is 5.75 Å². The molecule has 0 radical (unpaired) electrons. The van der Waals surface area contributed by atoms with Crippen molar-refractivity contribution < 1.29 is 14.6 Å². The fraction of sp³-hybridized carbons (Fsp3) is 0.458. The van der Waals surface area contributed by atoms with E-state index in [-0.39, 0.29) is 0 Å². The second-order valence-corrected chi connectivity index (χ2v) is 8.20. The number of nitrogens with zero attached hydrogens (tertiary/aromatic N) is 1. The summed E-state index contributed by atoms with van der Waals surface area (Å²) >= 11 is 0. The molecule has 1 saturated heterocycles. The van der Waals surface area contributed by atoms with Crippen molar-refractivity contribution in [1.82, 2.24) is 4.90 Å². The Bertz CT molecular complexity index is 868. The van der Waals surface area contributed by atoms with Crippen LogP contribution in [0.4, 0.5) is 4.79 Å². The molecule has 28 heavy (non-hydrogen) atoms.